The monoisotopic (exact) mass is 182 g/mol. The molecule has 1 atom stereocenters. The van der Waals surface area contributed by atoms with Crippen molar-refractivity contribution < 1.29 is 4.79 Å². The molecule has 0 saturated carbocycles. The Kier molecular flexibility index (Phi) is 7.66. The van der Waals surface area contributed by atoms with Crippen molar-refractivity contribution in [2.75, 3.05) is 0 Å². The third kappa shape index (κ3) is 5.62. The lowest BCUT2D eigenvalue weighted by Gasteiger charge is -2.09. The van der Waals surface area contributed by atoms with Gasteiger partial charge in [0.05, 0.1) is 0 Å². The first-order valence-corrected chi connectivity index (χ1v) is 5.44. The van der Waals surface area contributed by atoms with E-state index in [4.69, 9.17) is 0 Å². The molecule has 0 bridgehead atoms. The Morgan fingerprint density at radius 3 is 2.38 bits per heavy atom. The van der Waals surface area contributed by atoms with Crippen molar-refractivity contribution in [3.05, 3.63) is 11.6 Å². The van der Waals surface area contributed by atoms with Gasteiger partial charge in [0.25, 0.3) is 0 Å². The summed E-state index contributed by atoms with van der Waals surface area (Å²) in [6.07, 6.45) is 8.91. The molecule has 0 rings (SSSR count). The van der Waals surface area contributed by atoms with Gasteiger partial charge in [0.1, 0.15) is 6.29 Å². The average Bonchev–Trinajstić information content (AvgIpc) is 2.19. The number of unbranched alkanes of at least 4 members (excludes halogenated alkanes) is 1. The van der Waals surface area contributed by atoms with E-state index in [0.717, 1.165) is 24.7 Å². The van der Waals surface area contributed by atoms with Crippen LogP contribution in [0.2, 0.25) is 0 Å². The molecule has 0 spiro atoms. The first-order chi connectivity index (χ1) is 6.28. The van der Waals surface area contributed by atoms with E-state index in [0.29, 0.717) is 5.92 Å². The molecule has 0 saturated heterocycles. The first-order valence-electron chi connectivity index (χ1n) is 5.44. The summed E-state index contributed by atoms with van der Waals surface area (Å²) in [5, 5.41) is 0. The summed E-state index contributed by atoms with van der Waals surface area (Å²) < 4.78 is 0. The molecule has 0 aromatic carbocycles. The molecular formula is C12H22O. The molecule has 0 aliphatic rings. The minimum Gasteiger partial charge on any atom is -0.298 e. The van der Waals surface area contributed by atoms with Gasteiger partial charge in [0, 0.05) is 0 Å². The average molecular weight is 182 g/mol. The van der Waals surface area contributed by atoms with Gasteiger partial charge in [-0.15, -0.1) is 0 Å². The van der Waals surface area contributed by atoms with Gasteiger partial charge in [-0.25, -0.2) is 0 Å². The lowest BCUT2D eigenvalue weighted by atomic mass is 9.96. The van der Waals surface area contributed by atoms with Gasteiger partial charge in [0.2, 0.25) is 0 Å². The smallest absolute Gasteiger partial charge is 0.145 e. The van der Waals surface area contributed by atoms with Crippen molar-refractivity contribution in [3.8, 4) is 0 Å². The van der Waals surface area contributed by atoms with Crippen LogP contribution in [0, 0.1) is 5.92 Å². The molecule has 0 aliphatic carbocycles. The predicted molar refractivity (Wildman–Crippen MR) is 57.7 cm³/mol. The highest BCUT2D eigenvalue weighted by atomic mass is 16.1. The summed E-state index contributed by atoms with van der Waals surface area (Å²) in [6.45, 7) is 6.43. The summed E-state index contributed by atoms with van der Waals surface area (Å²) in [5.74, 6) is 0.611. The van der Waals surface area contributed by atoms with Gasteiger partial charge in [-0.05, 0) is 30.8 Å². The van der Waals surface area contributed by atoms with E-state index >= 15 is 0 Å². The van der Waals surface area contributed by atoms with Crippen LogP contribution >= 0.6 is 0 Å². The van der Waals surface area contributed by atoms with E-state index in [-0.39, 0.29) is 0 Å². The Morgan fingerprint density at radius 1 is 1.31 bits per heavy atom. The Hall–Kier alpha value is -0.590. The molecule has 0 fully saturated rings. The molecule has 0 aliphatic heterocycles. The minimum absolute atomic E-state index is 0.611. The van der Waals surface area contributed by atoms with Gasteiger partial charge in [-0.1, -0.05) is 39.7 Å². The zero-order valence-corrected chi connectivity index (χ0v) is 9.18. The second kappa shape index (κ2) is 8.03. The first kappa shape index (κ1) is 12.4. The quantitative estimate of drug-likeness (QED) is 0.433. The summed E-state index contributed by atoms with van der Waals surface area (Å²) in [5.41, 5.74) is 0.961. The lowest BCUT2D eigenvalue weighted by Crippen LogP contribution is -1.97. The van der Waals surface area contributed by atoms with E-state index in [1.807, 2.05) is 6.92 Å². The molecule has 0 aromatic heterocycles. The zero-order chi connectivity index (χ0) is 10.1. The number of carbonyl (C=O) groups excluding carboxylic acids is 1. The molecule has 1 heteroatoms. The largest absolute Gasteiger partial charge is 0.298 e. The topological polar surface area (TPSA) is 17.1 Å². The number of hydrogen-bond acceptors (Lipinski definition) is 1. The summed E-state index contributed by atoms with van der Waals surface area (Å²) >= 11 is 0. The Balaban J connectivity index is 4.06. The van der Waals surface area contributed by atoms with E-state index in [2.05, 4.69) is 19.9 Å². The minimum atomic E-state index is 0.611. The van der Waals surface area contributed by atoms with Crippen LogP contribution < -0.4 is 0 Å². The second-order valence-corrected chi connectivity index (χ2v) is 3.52. The lowest BCUT2D eigenvalue weighted by molar-refractivity contribution is -0.105. The fourth-order valence-corrected chi connectivity index (χ4v) is 1.41. The van der Waals surface area contributed by atoms with Crippen molar-refractivity contribution in [1.29, 1.82) is 0 Å². The standard InChI is InChI=1S/C12H22O/c1-4-7-8-11(5-2)9-12(6-3)10-13/h9-11H,4-8H2,1-3H3/b12-9+. The number of aldehydes is 1. The van der Waals surface area contributed by atoms with Gasteiger partial charge < -0.3 is 0 Å². The van der Waals surface area contributed by atoms with Crippen molar-refractivity contribution in [2.24, 2.45) is 5.92 Å². The van der Waals surface area contributed by atoms with Gasteiger partial charge in [-0.3, -0.25) is 4.79 Å². The predicted octanol–water partition coefficient (Wildman–Crippen LogP) is 3.74. The maximum absolute atomic E-state index is 10.6. The van der Waals surface area contributed by atoms with Crippen LogP contribution in [0.5, 0.6) is 0 Å². The fraction of sp³-hybridized carbons (Fsp3) is 0.750. The third-order valence-corrected chi connectivity index (χ3v) is 2.46. The van der Waals surface area contributed by atoms with Crippen LogP contribution in [0.15, 0.2) is 11.6 Å². The molecule has 0 radical (unpaired) electrons. The van der Waals surface area contributed by atoms with Crippen molar-refractivity contribution in [2.45, 2.75) is 52.9 Å². The van der Waals surface area contributed by atoms with E-state index in [1.165, 1.54) is 19.3 Å². The number of carbonyl (C=O) groups is 1. The number of hydrogen-bond donors (Lipinski definition) is 0. The highest BCUT2D eigenvalue weighted by Crippen LogP contribution is 2.16. The molecule has 1 unspecified atom stereocenters. The van der Waals surface area contributed by atoms with Gasteiger partial charge in [0.15, 0.2) is 0 Å². The highest BCUT2D eigenvalue weighted by Gasteiger charge is 2.03. The third-order valence-electron chi connectivity index (χ3n) is 2.46. The summed E-state index contributed by atoms with van der Waals surface area (Å²) in [6, 6.07) is 0. The molecule has 0 aromatic rings. The van der Waals surface area contributed by atoms with E-state index < -0.39 is 0 Å². The Morgan fingerprint density at radius 2 is 2.00 bits per heavy atom. The maximum atomic E-state index is 10.6. The van der Waals surface area contributed by atoms with E-state index in [1.54, 1.807) is 0 Å². The second-order valence-electron chi connectivity index (χ2n) is 3.52. The van der Waals surface area contributed by atoms with Crippen LogP contribution in [0.4, 0.5) is 0 Å². The van der Waals surface area contributed by atoms with Gasteiger partial charge in [-0.2, -0.15) is 0 Å². The summed E-state index contributed by atoms with van der Waals surface area (Å²) in [7, 11) is 0. The van der Waals surface area contributed by atoms with Crippen molar-refractivity contribution in [1.82, 2.24) is 0 Å². The molecular weight excluding hydrogens is 160 g/mol. The molecule has 0 heterocycles. The van der Waals surface area contributed by atoms with E-state index in [9.17, 15) is 4.79 Å². The van der Waals surface area contributed by atoms with Crippen molar-refractivity contribution >= 4 is 6.29 Å². The number of rotatable bonds is 7. The molecule has 76 valence electrons. The highest BCUT2D eigenvalue weighted by molar-refractivity contribution is 5.72. The van der Waals surface area contributed by atoms with Crippen molar-refractivity contribution in [3.63, 3.8) is 0 Å². The molecule has 13 heavy (non-hydrogen) atoms. The zero-order valence-electron chi connectivity index (χ0n) is 9.18. The molecule has 1 nitrogen and oxygen atoms in total. The van der Waals surface area contributed by atoms with Crippen LogP contribution in [0.3, 0.4) is 0 Å². The maximum Gasteiger partial charge on any atom is 0.145 e. The molecule has 0 N–H and O–H groups in total. The van der Waals surface area contributed by atoms with Gasteiger partial charge >= 0.3 is 0 Å². The summed E-state index contributed by atoms with van der Waals surface area (Å²) in [4.78, 5) is 10.6. The van der Waals surface area contributed by atoms with Crippen LogP contribution in [-0.2, 0) is 4.79 Å². The van der Waals surface area contributed by atoms with Crippen LogP contribution in [-0.4, -0.2) is 6.29 Å². The normalized spacial score (nSPS) is 14.2. The Labute approximate surface area is 82.2 Å². The SMILES string of the molecule is CCCCC(/C=C(/C=O)CC)CC. The Bertz CT molecular complexity index is 159. The van der Waals surface area contributed by atoms with Crippen LogP contribution in [0.1, 0.15) is 52.9 Å². The fourth-order valence-electron chi connectivity index (χ4n) is 1.41. The van der Waals surface area contributed by atoms with Crippen LogP contribution in [0.25, 0.3) is 0 Å². The number of allylic oxidation sites excluding steroid dienone is 2. The molecule has 0 amide bonds.